The van der Waals surface area contributed by atoms with Crippen LogP contribution in [0.2, 0.25) is 0 Å². The Hall–Kier alpha value is -3.42. The molecule has 0 saturated carbocycles. The minimum atomic E-state index is -0.376. The average molecular weight is 459 g/mol. The van der Waals surface area contributed by atoms with Gasteiger partial charge in [0, 0.05) is 25.7 Å². The molecule has 1 aliphatic carbocycles. The maximum Gasteiger partial charge on any atom is 0.302 e. The van der Waals surface area contributed by atoms with E-state index in [1.165, 1.54) is 21.0 Å². The van der Waals surface area contributed by atoms with Crippen LogP contribution in [0.1, 0.15) is 25.0 Å². The number of esters is 2. The van der Waals surface area contributed by atoms with Gasteiger partial charge < -0.3 is 28.8 Å². The zero-order valence-electron chi connectivity index (χ0n) is 19.6. The number of hydrogen-bond acceptors (Lipinski definition) is 8. The van der Waals surface area contributed by atoms with Gasteiger partial charge in [-0.25, -0.2) is 0 Å². The van der Waals surface area contributed by atoms with E-state index in [-0.39, 0.29) is 42.7 Å². The molecule has 8 heteroatoms. The molecule has 2 aromatic carbocycles. The van der Waals surface area contributed by atoms with E-state index < -0.39 is 0 Å². The number of benzene rings is 2. The minimum Gasteiger partial charge on any atom is -0.504 e. The second-order valence-corrected chi connectivity index (χ2v) is 8.08. The van der Waals surface area contributed by atoms with Crippen LogP contribution in [0, 0.1) is 11.8 Å². The molecule has 178 valence electrons. The monoisotopic (exact) mass is 458 g/mol. The Morgan fingerprint density at radius 1 is 0.758 bits per heavy atom. The molecule has 1 aliphatic rings. The highest BCUT2D eigenvalue weighted by Crippen LogP contribution is 2.44. The summed E-state index contributed by atoms with van der Waals surface area (Å²) < 4.78 is 27.1. The molecule has 2 aromatic rings. The van der Waals surface area contributed by atoms with Crippen molar-refractivity contribution in [2.75, 3.05) is 34.5 Å². The van der Waals surface area contributed by atoms with Gasteiger partial charge in [-0.15, -0.1) is 0 Å². The molecule has 8 nitrogen and oxygen atoms in total. The van der Waals surface area contributed by atoms with Crippen LogP contribution in [0.4, 0.5) is 0 Å². The lowest BCUT2D eigenvalue weighted by Crippen LogP contribution is -2.31. The van der Waals surface area contributed by atoms with E-state index in [1.54, 1.807) is 26.4 Å². The van der Waals surface area contributed by atoms with Crippen LogP contribution in [0.3, 0.4) is 0 Å². The highest BCUT2D eigenvalue weighted by atomic mass is 16.5. The molecule has 0 spiro atoms. The number of ether oxygens (including phenoxy) is 5. The number of fused-ring (bicyclic) bond motifs is 3. The first kappa shape index (κ1) is 24.2. The number of phenols is 1. The fourth-order valence-corrected chi connectivity index (χ4v) is 4.27. The lowest BCUT2D eigenvalue weighted by atomic mass is 9.77. The van der Waals surface area contributed by atoms with Gasteiger partial charge in [-0.05, 0) is 59.4 Å². The molecule has 0 amide bonds. The van der Waals surface area contributed by atoms with Gasteiger partial charge in [0.05, 0.1) is 34.5 Å². The molecular formula is C25H30O8. The molecule has 0 heterocycles. The van der Waals surface area contributed by atoms with Crippen LogP contribution in [0.15, 0.2) is 24.3 Å². The summed E-state index contributed by atoms with van der Waals surface area (Å²) in [4.78, 5) is 23.1. The minimum absolute atomic E-state index is 0.0190. The van der Waals surface area contributed by atoms with Crippen molar-refractivity contribution in [2.45, 2.75) is 26.7 Å². The number of hydrogen-bond donors (Lipinski definition) is 1. The van der Waals surface area contributed by atoms with Crippen LogP contribution >= 0.6 is 0 Å². The summed E-state index contributed by atoms with van der Waals surface area (Å²) in [7, 11) is 4.63. The lowest BCUT2D eigenvalue weighted by molar-refractivity contribution is -0.147. The predicted molar refractivity (Wildman–Crippen MR) is 121 cm³/mol. The van der Waals surface area contributed by atoms with Crippen molar-refractivity contribution in [1.29, 1.82) is 0 Å². The van der Waals surface area contributed by atoms with Crippen molar-refractivity contribution >= 4 is 11.9 Å². The Morgan fingerprint density at radius 2 is 1.18 bits per heavy atom. The summed E-state index contributed by atoms with van der Waals surface area (Å²) >= 11 is 0. The average Bonchev–Trinajstić information content (AvgIpc) is 2.78. The van der Waals surface area contributed by atoms with E-state index in [1.807, 2.05) is 12.1 Å². The number of carbonyl (C=O) groups is 2. The van der Waals surface area contributed by atoms with Gasteiger partial charge in [-0.3, -0.25) is 9.59 Å². The van der Waals surface area contributed by atoms with Gasteiger partial charge in [0.25, 0.3) is 0 Å². The Kier molecular flexibility index (Phi) is 7.68. The summed E-state index contributed by atoms with van der Waals surface area (Å²) in [5.74, 6) is 0.483. The SMILES string of the molecule is COc1cc2c(cc1O)-c1cc(OC)c(OC)cc1C[C@@H](COC(C)=O)[C@H](COC(C)=O)C2. The quantitative estimate of drug-likeness (QED) is 0.629. The number of rotatable bonds is 7. The first-order valence-electron chi connectivity index (χ1n) is 10.7. The molecule has 2 atom stereocenters. The third kappa shape index (κ3) is 5.50. The summed E-state index contributed by atoms with van der Waals surface area (Å²) in [6, 6.07) is 7.25. The first-order chi connectivity index (χ1) is 15.8. The summed E-state index contributed by atoms with van der Waals surface area (Å²) in [5, 5.41) is 10.5. The summed E-state index contributed by atoms with van der Waals surface area (Å²) in [6.45, 7) is 3.09. The van der Waals surface area contributed by atoms with E-state index >= 15 is 0 Å². The maximum atomic E-state index is 11.6. The Labute approximate surface area is 193 Å². The molecule has 0 aliphatic heterocycles. The van der Waals surface area contributed by atoms with Gasteiger partial charge in [0.1, 0.15) is 0 Å². The third-order valence-electron chi connectivity index (χ3n) is 5.94. The van der Waals surface area contributed by atoms with E-state index in [2.05, 4.69) is 0 Å². The number of phenolic OH excluding ortho intramolecular Hbond substituents is 1. The van der Waals surface area contributed by atoms with E-state index in [4.69, 9.17) is 23.7 Å². The molecule has 1 N–H and O–H groups in total. The van der Waals surface area contributed by atoms with Crippen molar-refractivity contribution in [2.24, 2.45) is 11.8 Å². The van der Waals surface area contributed by atoms with E-state index in [9.17, 15) is 14.7 Å². The second kappa shape index (κ2) is 10.5. The molecule has 0 fully saturated rings. The lowest BCUT2D eigenvalue weighted by Gasteiger charge is -2.31. The van der Waals surface area contributed by atoms with Gasteiger partial charge in [0.2, 0.25) is 0 Å². The second-order valence-electron chi connectivity index (χ2n) is 8.08. The van der Waals surface area contributed by atoms with Crippen LogP contribution in [0.5, 0.6) is 23.0 Å². The Morgan fingerprint density at radius 3 is 1.64 bits per heavy atom. The molecule has 3 rings (SSSR count). The van der Waals surface area contributed by atoms with E-state index in [0.29, 0.717) is 30.1 Å². The highest BCUT2D eigenvalue weighted by Gasteiger charge is 2.31. The maximum absolute atomic E-state index is 11.6. The fraction of sp³-hybridized carbons (Fsp3) is 0.440. The topological polar surface area (TPSA) is 101 Å². The molecule has 0 unspecified atom stereocenters. The van der Waals surface area contributed by atoms with E-state index in [0.717, 1.165) is 22.3 Å². The van der Waals surface area contributed by atoms with Gasteiger partial charge in [-0.2, -0.15) is 0 Å². The number of carbonyl (C=O) groups excluding carboxylic acids is 2. The standard InChI is InChI=1S/C25H30O8/c1-14(26)32-12-18-6-16-8-23(29-3)22(28)10-20(16)21-11-25(31-5)24(30-4)9-17(21)7-19(18)13-33-15(2)27/h8-11,18-19,28H,6-7,12-13H2,1-5H3/t18-,19-/m0/s1. The van der Waals surface area contributed by atoms with Gasteiger partial charge >= 0.3 is 11.9 Å². The fourth-order valence-electron chi connectivity index (χ4n) is 4.27. The van der Waals surface area contributed by atoms with Crippen molar-refractivity contribution in [3.05, 3.63) is 35.4 Å². The zero-order valence-corrected chi connectivity index (χ0v) is 19.6. The van der Waals surface area contributed by atoms with Crippen molar-refractivity contribution in [3.63, 3.8) is 0 Å². The summed E-state index contributed by atoms with van der Waals surface area (Å²) in [5.41, 5.74) is 3.54. The molecule has 0 aromatic heterocycles. The zero-order chi connectivity index (χ0) is 24.1. The number of aromatic hydroxyl groups is 1. The van der Waals surface area contributed by atoms with Gasteiger partial charge in [0.15, 0.2) is 23.0 Å². The Balaban J connectivity index is 2.20. The Bertz CT molecular complexity index is 1030. The normalized spacial score (nSPS) is 17.0. The van der Waals surface area contributed by atoms with Crippen LogP contribution < -0.4 is 14.2 Å². The first-order valence-corrected chi connectivity index (χ1v) is 10.7. The largest absolute Gasteiger partial charge is 0.504 e. The smallest absolute Gasteiger partial charge is 0.302 e. The van der Waals surface area contributed by atoms with Gasteiger partial charge in [-0.1, -0.05) is 0 Å². The van der Waals surface area contributed by atoms with Crippen LogP contribution in [0.25, 0.3) is 11.1 Å². The van der Waals surface area contributed by atoms with Crippen LogP contribution in [-0.2, 0) is 31.9 Å². The third-order valence-corrected chi connectivity index (χ3v) is 5.94. The van der Waals surface area contributed by atoms with Crippen LogP contribution in [-0.4, -0.2) is 51.6 Å². The highest BCUT2D eigenvalue weighted by molar-refractivity contribution is 5.77. The molecule has 33 heavy (non-hydrogen) atoms. The van der Waals surface area contributed by atoms with Crippen molar-refractivity contribution in [3.8, 4) is 34.1 Å². The van der Waals surface area contributed by atoms with Crippen molar-refractivity contribution < 1.29 is 38.4 Å². The molecule has 0 saturated heterocycles. The molecule has 0 radical (unpaired) electrons. The summed E-state index contributed by atoms with van der Waals surface area (Å²) in [6.07, 6.45) is 1.07. The predicted octanol–water partition coefficient (Wildman–Crippen LogP) is 3.54. The molecular weight excluding hydrogens is 428 g/mol. The van der Waals surface area contributed by atoms with Crippen molar-refractivity contribution in [1.82, 2.24) is 0 Å². The number of methoxy groups -OCH3 is 3. The molecule has 0 bridgehead atoms.